The number of nitrogens with zero attached hydrogens (tertiary/aromatic N) is 4. The standard InChI is InChI=1S/C25H25N5O4/c1-16(2)29(14-23-26-18-8-4-3-7-17(18)25(32)27-23)15-24(31)30-20(22-10-6-12-34-22)13-19(28-30)21-9-5-11-33-21/h3-12,16,20H,13-15H2,1-2H3,(H,26,27,32). The van der Waals surface area contributed by atoms with Crippen LogP contribution in [0.25, 0.3) is 10.9 Å². The number of nitrogens with one attached hydrogen (secondary N) is 1. The summed E-state index contributed by atoms with van der Waals surface area (Å²) in [5.41, 5.74) is 1.12. The third-order valence-corrected chi connectivity index (χ3v) is 5.93. The molecular formula is C25H25N5O4. The summed E-state index contributed by atoms with van der Waals surface area (Å²) < 4.78 is 11.1. The van der Waals surface area contributed by atoms with Gasteiger partial charge >= 0.3 is 0 Å². The lowest BCUT2D eigenvalue weighted by Gasteiger charge is -2.28. The molecule has 1 aromatic carbocycles. The van der Waals surface area contributed by atoms with E-state index in [1.165, 1.54) is 5.01 Å². The largest absolute Gasteiger partial charge is 0.467 e. The smallest absolute Gasteiger partial charge is 0.258 e. The molecule has 0 aliphatic carbocycles. The van der Waals surface area contributed by atoms with Crippen molar-refractivity contribution in [3.63, 3.8) is 0 Å². The van der Waals surface area contributed by atoms with Crippen molar-refractivity contribution in [2.45, 2.75) is 38.9 Å². The van der Waals surface area contributed by atoms with E-state index < -0.39 is 0 Å². The lowest BCUT2D eigenvalue weighted by atomic mass is 10.1. The van der Waals surface area contributed by atoms with Gasteiger partial charge in [0.25, 0.3) is 11.5 Å². The van der Waals surface area contributed by atoms with Gasteiger partial charge in [0.05, 0.1) is 36.5 Å². The normalized spacial score (nSPS) is 16.1. The van der Waals surface area contributed by atoms with E-state index in [-0.39, 0.29) is 30.1 Å². The van der Waals surface area contributed by atoms with E-state index in [1.54, 1.807) is 36.8 Å². The Morgan fingerprint density at radius 1 is 1.15 bits per heavy atom. The Hall–Kier alpha value is -3.98. The highest BCUT2D eigenvalue weighted by Crippen LogP contribution is 2.33. The van der Waals surface area contributed by atoms with Crippen molar-refractivity contribution < 1.29 is 13.6 Å². The number of rotatable bonds is 7. The molecule has 0 saturated carbocycles. The highest BCUT2D eigenvalue weighted by Gasteiger charge is 2.36. The van der Waals surface area contributed by atoms with Crippen molar-refractivity contribution >= 4 is 22.5 Å². The number of hydrazone groups is 1. The van der Waals surface area contributed by atoms with Crippen molar-refractivity contribution in [1.29, 1.82) is 0 Å². The Morgan fingerprint density at radius 2 is 1.94 bits per heavy atom. The zero-order valence-electron chi connectivity index (χ0n) is 19.0. The molecule has 1 aliphatic rings. The van der Waals surface area contributed by atoms with Crippen LogP contribution in [0.15, 0.2) is 79.8 Å². The highest BCUT2D eigenvalue weighted by molar-refractivity contribution is 6.01. The molecule has 4 heterocycles. The first-order valence-electron chi connectivity index (χ1n) is 11.2. The lowest BCUT2D eigenvalue weighted by molar-refractivity contribution is -0.135. The quantitative estimate of drug-likeness (QED) is 0.452. The predicted molar refractivity (Wildman–Crippen MR) is 126 cm³/mol. The summed E-state index contributed by atoms with van der Waals surface area (Å²) in [5.74, 6) is 1.62. The van der Waals surface area contributed by atoms with Gasteiger partial charge in [-0.3, -0.25) is 14.5 Å². The SMILES string of the molecule is CC(C)N(CC(=O)N1N=C(c2ccco2)CC1c1ccco1)Cc1nc2ccccc2c(=O)[nH]1. The molecule has 5 rings (SSSR count). The number of carbonyl (C=O) groups is 1. The van der Waals surface area contributed by atoms with Crippen LogP contribution in [0.2, 0.25) is 0 Å². The number of aromatic amines is 1. The van der Waals surface area contributed by atoms with Gasteiger partial charge in [0.1, 0.15) is 29.1 Å². The number of amides is 1. The zero-order chi connectivity index (χ0) is 23.7. The molecule has 1 aliphatic heterocycles. The van der Waals surface area contributed by atoms with Crippen LogP contribution in [0.3, 0.4) is 0 Å². The van der Waals surface area contributed by atoms with E-state index in [0.717, 1.165) is 0 Å². The summed E-state index contributed by atoms with van der Waals surface area (Å²) >= 11 is 0. The predicted octanol–water partition coefficient (Wildman–Crippen LogP) is 3.70. The van der Waals surface area contributed by atoms with Crippen LogP contribution >= 0.6 is 0 Å². The average molecular weight is 460 g/mol. The first-order valence-corrected chi connectivity index (χ1v) is 11.2. The number of H-pyrrole nitrogens is 1. The molecule has 34 heavy (non-hydrogen) atoms. The van der Waals surface area contributed by atoms with Gasteiger partial charge in [0, 0.05) is 12.5 Å². The molecule has 1 atom stereocenters. The number of furan rings is 2. The van der Waals surface area contributed by atoms with Crippen LogP contribution < -0.4 is 5.56 Å². The minimum absolute atomic E-state index is 0.0268. The minimum Gasteiger partial charge on any atom is -0.467 e. The summed E-state index contributed by atoms with van der Waals surface area (Å²) in [6, 6.07) is 14.1. The monoisotopic (exact) mass is 459 g/mol. The second-order valence-electron chi connectivity index (χ2n) is 8.53. The molecule has 1 N–H and O–H groups in total. The van der Waals surface area contributed by atoms with Gasteiger partial charge in [-0.15, -0.1) is 0 Å². The van der Waals surface area contributed by atoms with E-state index >= 15 is 0 Å². The van der Waals surface area contributed by atoms with Crippen molar-refractivity contribution in [1.82, 2.24) is 19.9 Å². The zero-order valence-corrected chi connectivity index (χ0v) is 19.0. The first-order chi connectivity index (χ1) is 16.5. The molecule has 0 radical (unpaired) electrons. The fourth-order valence-electron chi connectivity index (χ4n) is 4.10. The molecule has 1 amide bonds. The second-order valence-corrected chi connectivity index (χ2v) is 8.53. The van der Waals surface area contributed by atoms with Crippen LogP contribution in [-0.2, 0) is 11.3 Å². The Kier molecular flexibility index (Phi) is 5.85. The third kappa shape index (κ3) is 4.29. The topological polar surface area (TPSA) is 108 Å². The Labute approximate surface area is 195 Å². The van der Waals surface area contributed by atoms with E-state index in [9.17, 15) is 9.59 Å². The van der Waals surface area contributed by atoms with Gasteiger partial charge in [-0.05, 0) is 50.2 Å². The number of hydrogen-bond donors (Lipinski definition) is 1. The Balaban J connectivity index is 1.39. The van der Waals surface area contributed by atoms with Gasteiger partial charge in [-0.1, -0.05) is 12.1 Å². The molecule has 9 nitrogen and oxygen atoms in total. The van der Waals surface area contributed by atoms with Crippen LogP contribution in [0.4, 0.5) is 0 Å². The molecule has 4 aromatic rings. The van der Waals surface area contributed by atoms with E-state index in [2.05, 4.69) is 15.1 Å². The summed E-state index contributed by atoms with van der Waals surface area (Å²) in [5, 5.41) is 6.60. The summed E-state index contributed by atoms with van der Waals surface area (Å²) in [7, 11) is 0. The molecular weight excluding hydrogens is 434 g/mol. The number of aromatic nitrogens is 2. The Morgan fingerprint density at radius 3 is 2.68 bits per heavy atom. The Bertz CT molecular complexity index is 1370. The number of fused-ring (bicyclic) bond motifs is 1. The van der Waals surface area contributed by atoms with Gasteiger partial charge in [-0.25, -0.2) is 9.99 Å². The maximum Gasteiger partial charge on any atom is 0.258 e. The molecule has 0 bridgehead atoms. The molecule has 0 spiro atoms. The maximum absolute atomic E-state index is 13.5. The maximum atomic E-state index is 13.5. The van der Waals surface area contributed by atoms with E-state index in [0.29, 0.717) is 46.9 Å². The molecule has 0 saturated heterocycles. The summed E-state index contributed by atoms with van der Waals surface area (Å²) in [6.45, 7) is 4.41. The first kappa shape index (κ1) is 21.8. The third-order valence-electron chi connectivity index (χ3n) is 5.93. The van der Waals surface area contributed by atoms with Crippen LogP contribution in [0, 0.1) is 0 Å². The fraction of sp³-hybridized carbons (Fsp3) is 0.280. The van der Waals surface area contributed by atoms with Gasteiger partial charge in [-0.2, -0.15) is 5.10 Å². The van der Waals surface area contributed by atoms with Crippen LogP contribution in [0.5, 0.6) is 0 Å². The highest BCUT2D eigenvalue weighted by atomic mass is 16.3. The molecule has 1 unspecified atom stereocenters. The van der Waals surface area contributed by atoms with Crippen molar-refractivity contribution in [3.05, 3.63) is 88.8 Å². The number of carbonyl (C=O) groups excluding carboxylic acids is 1. The van der Waals surface area contributed by atoms with E-state index in [1.807, 2.05) is 43.0 Å². The van der Waals surface area contributed by atoms with Crippen LogP contribution in [-0.4, -0.2) is 44.1 Å². The number of benzene rings is 1. The van der Waals surface area contributed by atoms with Gasteiger partial charge < -0.3 is 13.8 Å². The number of para-hydroxylation sites is 1. The van der Waals surface area contributed by atoms with E-state index in [4.69, 9.17) is 8.83 Å². The summed E-state index contributed by atoms with van der Waals surface area (Å²) in [4.78, 5) is 35.3. The van der Waals surface area contributed by atoms with Crippen molar-refractivity contribution in [2.75, 3.05) is 6.54 Å². The number of hydrogen-bond acceptors (Lipinski definition) is 7. The molecule has 9 heteroatoms. The van der Waals surface area contributed by atoms with Gasteiger partial charge in [0.2, 0.25) is 0 Å². The summed E-state index contributed by atoms with van der Waals surface area (Å²) in [6.07, 6.45) is 3.67. The van der Waals surface area contributed by atoms with Crippen molar-refractivity contribution in [2.24, 2.45) is 5.10 Å². The van der Waals surface area contributed by atoms with Gasteiger partial charge in [0.15, 0.2) is 0 Å². The molecule has 3 aromatic heterocycles. The molecule has 0 fully saturated rings. The van der Waals surface area contributed by atoms with Crippen molar-refractivity contribution in [3.8, 4) is 0 Å². The lowest BCUT2D eigenvalue weighted by Crippen LogP contribution is -2.41. The fourth-order valence-corrected chi connectivity index (χ4v) is 4.10. The molecule has 174 valence electrons. The van der Waals surface area contributed by atoms with Crippen LogP contribution in [0.1, 0.15) is 43.7 Å². The average Bonchev–Trinajstić information content (AvgIpc) is 3.59. The minimum atomic E-state index is -0.352. The second kappa shape index (κ2) is 9.11.